The fourth-order valence-electron chi connectivity index (χ4n) is 0.396. The van der Waals surface area contributed by atoms with Gasteiger partial charge in [0.2, 0.25) is 0 Å². The van der Waals surface area contributed by atoms with Gasteiger partial charge in [-0.25, -0.2) is 4.98 Å². The molecule has 0 saturated carbocycles. The molecule has 52 valence electrons. The molecular weight excluding hydrogens is 160 g/mol. The molecule has 0 fully saturated rings. The van der Waals surface area contributed by atoms with Crippen molar-refractivity contribution in [2.45, 2.75) is 6.61 Å². The number of nitrogens with two attached hydrogens (primary N) is 1. The van der Waals surface area contributed by atoms with Gasteiger partial charge in [-0.05, 0) is 0 Å². The van der Waals surface area contributed by atoms with Crippen LogP contribution >= 0.6 is 23.7 Å². The van der Waals surface area contributed by atoms with Crippen LogP contribution in [0.5, 0.6) is 0 Å². The summed E-state index contributed by atoms with van der Waals surface area (Å²) in [6.45, 7) is 0.0366. The predicted octanol–water partition coefficient (Wildman–Crippen LogP) is 0.639. The molecule has 0 bridgehead atoms. The van der Waals surface area contributed by atoms with E-state index in [9.17, 15) is 0 Å². The first-order valence-corrected chi connectivity index (χ1v) is 2.95. The summed E-state index contributed by atoms with van der Waals surface area (Å²) in [7, 11) is 0. The highest BCUT2D eigenvalue weighted by molar-refractivity contribution is 7.15. The Balaban J connectivity index is 0.000000640. The minimum Gasteiger partial charge on any atom is -0.391 e. The van der Waals surface area contributed by atoms with Crippen LogP contribution in [-0.4, -0.2) is 10.1 Å². The summed E-state index contributed by atoms with van der Waals surface area (Å²) in [6, 6.07) is 0. The lowest BCUT2D eigenvalue weighted by Gasteiger charge is -1.78. The molecule has 0 aliphatic heterocycles. The number of anilines is 1. The molecular formula is C4H7ClN2OS. The summed E-state index contributed by atoms with van der Waals surface area (Å²) in [5.41, 5.74) is 5.25. The second kappa shape index (κ2) is 3.66. The van der Waals surface area contributed by atoms with Crippen molar-refractivity contribution in [3.05, 3.63) is 11.1 Å². The second-order valence-electron chi connectivity index (χ2n) is 1.32. The largest absolute Gasteiger partial charge is 0.391 e. The maximum atomic E-state index is 8.47. The van der Waals surface area contributed by atoms with Crippen molar-refractivity contribution in [1.29, 1.82) is 0 Å². The zero-order valence-electron chi connectivity index (χ0n) is 4.57. The Hall–Kier alpha value is -0.320. The van der Waals surface area contributed by atoms with Crippen LogP contribution in [0.15, 0.2) is 6.20 Å². The van der Waals surface area contributed by atoms with E-state index in [-0.39, 0.29) is 19.0 Å². The molecule has 3 nitrogen and oxygen atoms in total. The van der Waals surface area contributed by atoms with Crippen molar-refractivity contribution in [3.63, 3.8) is 0 Å². The van der Waals surface area contributed by atoms with Gasteiger partial charge >= 0.3 is 0 Å². The zero-order chi connectivity index (χ0) is 5.98. The van der Waals surface area contributed by atoms with Gasteiger partial charge in [0.15, 0.2) is 5.13 Å². The molecule has 0 amide bonds. The summed E-state index contributed by atoms with van der Waals surface area (Å²) in [4.78, 5) is 4.53. The van der Waals surface area contributed by atoms with Crippen molar-refractivity contribution in [2.24, 2.45) is 0 Å². The van der Waals surface area contributed by atoms with E-state index in [0.29, 0.717) is 5.13 Å². The molecule has 0 aromatic carbocycles. The summed E-state index contributed by atoms with van der Waals surface area (Å²) in [6.07, 6.45) is 1.57. The molecule has 0 aliphatic rings. The Morgan fingerprint density at radius 1 is 1.78 bits per heavy atom. The Morgan fingerprint density at radius 3 is 2.67 bits per heavy atom. The fraction of sp³-hybridized carbons (Fsp3) is 0.250. The average molecular weight is 167 g/mol. The topological polar surface area (TPSA) is 59.1 Å². The van der Waals surface area contributed by atoms with Crippen LogP contribution in [0, 0.1) is 0 Å². The highest BCUT2D eigenvalue weighted by Crippen LogP contribution is 2.12. The maximum Gasteiger partial charge on any atom is 0.180 e. The summed E-state index contributed by atoms with van der Waals surface area (Å²) < 4.78 is 0. The average Bonchev–Trinajstić information content (AvgIpc) is 2.14. The van der Waals surface area contributed by atoms with E-state index < -0.39 is 0 Å². The zero-order valence-corrected chi connectivity index (χ0v) is 6.21. The third-order valence-electron chi connectivity index (χ3n) is 0.727. The lowest BCUT2D eigenvalue weighted by Crippen LogP contribution is -1.77. The van der Waals surface area contributed by atoms with E-state index in [2.05, 4.69) is 4.98 Å². The molecule has 0 unspecified atom stereocenters. The van der Waals surface area contributed by atoms with Crippen LogP contribution in [0.25, 0.3) is 0 Å². The number of aromatic nitrogens is 1. The number of halogens is 1. The highest BCUT2D eigenvalue weighted by Gasteiger charge is 1.92. The number of thiazole rings is 1. The highest BCUT2D eigenvalue weighted by atomic mass is 35.5. The van der Waals surface area contributed by atoms with Crippen molar-refractivity contribution < 1.29 is 5.11 Å². The van der Waals surface area contributed by atoms with E-state index in [1.54, 1.807) is 6.20 Å². The molecule has 1 heterocycles. The van der Waals surface area contributed by atoms with Crippen LogP contribution in [0.1, 0.15) is 4.88 Å². The van der Waals surface area contributed by atoms with Crippen molar-refractivity contribution in [2.75, 3.05) is 5.73 Å². The molecule has 9 heavy (non-hydrogen) atoms. The van der Waals surface area contributed by atoms with Gasteiger partial charge in [-0.3, -0.25) is 0 Å². The van der Waals surface area contributed by atoms with Crippen LogP contribution in [0.4, 0.5) is 5.13 Å². The van der Waals surface area contributed by atoms with Gasteiger partial charge in [-0.1, -0.05) is 11.3 Å². The quantitative estimate of drug-likeness (QED) is 0.644. The van der Waals surface area contributed by atoms with E-state index in [1.165, 1.54) is 11.3 Å². The summed E-state index contributed by atoms with van der Waals surface area (Å²) in [5.74, 6) is 0. The van der Waals surface area contributed by atoms with E-state index in [1.807, 2.05) is 0 Å². The monoisotopic (exact) mass is 166 g/mol. The Labute approximate surface area is 62.9 Å². The van der Waals surface area contributed by atoms with Crippen LogP contribution in [0.3, 0.4) is 0 Å². The van der Waals surface area contributed by atoms with E-state index in [4.69, 9.17) is 10.8 Å². The van der Waals surface area contributed by atoms with Crippen LogP contribution in [0.2, 0.25) is 0 Å². The molecule has 0 spiro atoms. The van der Waals surface area contributed by atoms with Gasteiger partial charge in [0.05, 0.1) is 11.5 Å². The molecule has 1 aromatic rings. The SMILES string of the molecule is Cl.Nc1ncc(CO)s1. The van der Waals surface area contributed by atoms with E-state index >= 15 is 0 Å². The first-order valence-electron chi connectivity index (χ1n) is 2.14. The van der Waals surface area contributed by atoms with Gasteiger partial charge in [-0.2, -0.15) is 0 Å². The minimum absolute atomic E-state index is 0. The third-order valence-corrected chi connectivity index (χ3v) is 1.54. The fourth-order valence-corrected chi connectivity index (χ4v) is 0.940. The number of rotatable bonds is 1. The molecule has 1 rings (SSSR count). The smallest absolute Gasteiger partial charge is 0.180 e. The lowest BCUT2D eigenvalue weighted by molar-refractivity contribution is 0.285. The number of hydrogen-bond donors (Lipinski definition) is 2. The molecule has 0 aliphatic carbocycles. The van der Waals surface area contributed by atoms with Crippen molar-refractivity contribution in [3.8, 4) is 0 Å². The molecule has 1 aromatic heterocycles. The molecule has 5 heteroatoms. The molecule has 0 radical (unpaired) electrons. The standard InChI is InChI=1S/C4H6N2OS.ClH/c5-4-6-1-3(2-7)8-4;/h1,7H,2H2,(H2,5,6);1H. The van der Waals surface area contributed by atoms with E-state index in [0.717, 1.165) is 4.88 Å². The Bertz CT molecular complexity index is 179. The third kappa shape index (κ3) is 2.17. The molecule has 3 N–H and O–H groups in total. The maximum absolute atomic E-state index is 8.47. The van der Waals surface area contributed by atoms with Crippen molar-refractivity contribution >= 4 is 28.9 Å². The predicted molar refractivity (Wildman–Crippen MR) is 39.7 cm³/mol. The van der Waals surface area contributed by atoms with Gasteiger partial charge in [0, 0.05) is 6.20 Å². The first-order chi connectivity index (χ1) is 3.83. The number of aliphatic hydroxyl groups excluding tert-OH is 1. The molecule has 0 atom stereocenters. The minimum atomic E-state index is 0. The van der Waals surface area contributed by atoms with Crippen LogP contribution in [-0.2, 0) is 6.61 Å². The summed E-state index contributed by atoms with van der Waals surface area (Å²) in [5, 5.41) is 8.97. The van der Waals surface area contributed by atoms with Gasteiger partial charge in [-0.15, -0.1) is 12.4 Å². The lowest BCUT2D eigenvalue weighted by atomic mass is 10.6. The van der Waals surface area contributed by atoms with Gasteiger partial charge in [0.1, 0.15) is 0 Å². The normalized spacial score (nSPS) is 8.56. The number of hydrogen-bond acceptors (Lipinski definition) is 4. The van der Waals surface area contributed by atoms with Gasteiger partial charge in [0.25, 0.3) is 0 Å². The Kier molecular flexibility index (Phi) is 3.53. The summed E-state index contributed by atoms with van der Waals surface area (Å²) >= 11 is 1.30. The van der Waals surface area contributed by atoms with Crippen LogP contribution < -0.4 is 5.73 Å². The number of aliphatic hydroxyl groups is 1. The van der Waals surface area contributed by atoms with Gasteiger partial charge < -0.3 is 10.8 Å². The number of nitrogen functional groups attached to an aromatic ring is 1. The Morgan fingerprint density at radius 2 is 2.44 bits per heavy atom. The number of nitrogens with zero attached hydrogens (tertiary/aromatic N) is 1. The second-order valence-corrected chi connectivity index (χ2v) is 2.47. The first kappa shape index (κ1) is 8.68. The molecule has 0 saturated heterocycles. The van der Waals surface area contributed by atoms with Crippen molar-refractivity contribution in [1.82, 2.24) is 4.98 Å².